The number of carbonyl (C=O) groups is 2. The van der Waals surface area contributed by atoms with E-state index in [2.05, 4.69) is 14.5 Å². The Labute approximate surface area is 320 Å². The first kappa shape index (κ1) is 39.8. The van der Waals surface area contributed by atoms with Crippen LogP contribution in [0.25, 0.3) is 0 Å². The highest BCUT2D eigenvalue weighted by atomic mass is 35.5. The van der Waals surface area contributed by atoms with Crippen LogP contribution in [0.2, 0.25) is 5.02 Å². The number of methoxy groups -OCH3 is 2. The Bertz CT molecular complexity index is 1730. The first-order valence-electron chi connectivity index (χ1n) is 19.3. The molecular weight excluding hydrogens is 716 g/mol. The normalized spacial score (nSPS) is 28.8. The van der Waals surface area contributed by atoms with Crippen LogP contribution in [0.5, 0.6) is 5.75 Å². The van der Waals surface area contributed by atoms with Gasteiger partial charge in [0.25, 0.3) is 5.91 Å². The van der Waals surface area contributed by atoms with Gasteiger partial charge in [-0.3, -0.25) is 14.5 Å². The maximum Gasteiger partial charge on any atom is 0.264 e. The molecule has 11 nitrogen and oxygen atoms in total. The number of benzene rings is 2. The summed E-state index contributed by atoms with van der Waals surface area (Å²) < 4.78 is 48.0. The number of nitrogens with zero attached hydrogens (tertiary/aromatic N) is 3. The quantitative estimate of drug-likeness (QED) is 0.405. The van der Waals surface area contributed by atoms with Crippen molar-refractivity contribution in [2.24, 2.45) is 17.8 Å². The second-order valence-corrected chi connectivity index (χ2v) is 18.1. The van der Waals surface area contributed by atoms with Crippen LogP contribution in [0, 0.1) is 17.8 Å². The topological polar surface area (TPSA) is 118 Å². The van der Waals surface area contributed by atoms with Gasteiger partial charge in [0, 0.05) is 64.1 Å². The van der Waals surface area contributed by atoms with Gasteiger partial charge in [0.2, 0.25) is 15.9 Å². The molecule has 2 amide bonds. The summed E-state index contributed by atoms with van der Waals surface area (Å²) in [6.45, 7) is 8.94. The summed E-state index contributed by atoms with van der Waals surface area (Å²) in [4.78, 5) is 33.3. The van der Waals surface area contributed by atoms with Crippen LogP contribution in [-0.2, 0) is 37.3 Å². The molecule has 1 saturated heterocycles. The van der Waals surface area contributed by atoms with E-state index in [1.165, 1.54) is 5.56 Å². The highest BCUT2D eigenvalue weighted by Gasteiger charge is 2.49. The van der Waals surface area contributed by atoms with Crippen molar-refractivity contribution >= 4 is 39.1 Å². The number of sulfonamides is 1. The number of rotatable bonds is 6. The van der Waals surface area contributed by atoms with Crippen LogP contribution >= 0.6 is 11.6 Å². The number of piperazine rings is 1. The molecular formula is C40H57ClN4O7S. The molecule has 5 atom stereocenters. The molecule has 1 N–H and O–H groups in total. The Morgan fingerprint density at radius 2 is 1.81 bits per heavy atom. The molecule has 13 heteroatoms. The van der Waals surface area contributed by atoms with Gasteiger partial charge in [0.15, 0.2) is 0 Å². The fourth-order valence-corrected chi connectivity index (χ4v) is 10.3. The molecule has 2 aromatic rings. The third-order valence-electron chi connectivity index (χ3n) is 12.4. The fourth-order valence-electron chi connectivity index (χ4n) is 8.80. The standard InChI is InChI=1S/C40H57ClN4O7S/c1-28-8-7-16-40(51-4,27-43-18-19-44(20-21-50-3)38(46)25-43)35-14-11-32(35)24-45-17-6-5-9-30-22-34(41)13-10-33(30)26-52-37-15-12-31(23-36(37)45)39(47)42-53(48,49)29(28)2/h10,12-13,15,22-23,28-29,32,35H,5-9,11,14,16-21,24-27H2,1-4H3,(H,42,47)/t28-,29+,32-,35+,40+/m0/s1. The number of halogens is 1. The molecule has 4 aliphatic rings. The second kappa shape index (κ2) is 17.3. The summed E-state index contributed by atoms with van der Waals surface area (Å²) in [5.41, 5.74) is 2.79. The van der Waals surface area contributed by atoms with Gasteiger partial charge in [0.05, 0.1) is 29.7 Å². The van der Waals surface area contributed by atoms with Crippen molar-refractivity contribution in [1.29, 1.82) is 0 Å². The predicted octanol–water partition coefficient (Wildman–Crippen LogP) is 5.53. The molecule has 6 rings (SSSR count). The zero-order valence-electron chi connectivity index (χ0n) is 31.8. The number of fused-ring (bicyclic) bond motifs is 3. The van der Waals surface area contributed by atoms with Crippen LogP contribution in [0.1, 0.15) is 80.3 Å². The molecule has 0 unspecified atom stereocenters. The summed E-state index contributed by atoms with van der Waals surface area (Å²) in [6, 6.07) is 11.2. The molecule has 1 saturated carbocycles. The number of hydrogen-bond acceptors (Lipinski definition) is 9. The van der Waals surface area contributed by atoms with Crippen molar-refractivity contribution in [3.8, 4) is 5.75 Å². The summed E-state index contributed by atoms with van der Waals surface area (Å²) >= 11 is 6.40. The smallest absolute Gasteiger partial charge is 0.264 e. The number of anilines is 1. The third kappa shape index (κ3) is 9.15. The fraction of sp³-hybridized carbons (Fsp3) is 0.650. The highest BCUT2D eigenvalue weighted by Crippen LogP contribution is 2.48. The molecule has 0 aromatic heterocycles. The third-order valence-corrected chi connectivity index (χ3v) is 14.6. The molecule has 3 aliphatic heterocycles. The van der Waals surface area contributed by atoms with Crippen molar-refractivity contribution in [3.63, 3.8) is 0 Å². The lowest BCUT2D eigenvalue weighted by Gasteiger charge is -2.53. The van der Waals surface area contributed by atoms with Crippen LogP contribution in [0.4, 0.5) is 5.69 Å². The lowest BCUT2D eigenvalue weighted by molar-refractivity contribution is -0.148. The minimum Gasteiger partial charge on any atom is -0.487 e. The SMILES string of the molecule is COCCN1CCN(C[C@]2(OC)CCC[C@H](C)[C@@H](C)S(=O)(=O)NC(=O)c3ccc4c(c3)N(CCCCc3cc(Cl)ccc3CO4)C[C@@H]3CC[C@H]32)CC1=O. The largest absolute Gasteiger partial charge is 0.487 e. The Kier molecular flexibility index (Phi) is 13.0. The number of nitrogens with one attached hydrogen (secondary N) is 1. The van der Waals surface area contributed by atoms with E-state index in [9.17, 15) is 18.0 Å². The number of ether oxygens (including phenoxy) is 3. The van der Waals surface area contributed by atoms with E-state index < -0.39 is 26.8 Å². The summed E-state index contributed by atoms with van der Waals surface area (Å²) in [5, 5.41) is -0.0757. The average molecular weight is 773 g/mol. The lowest BCUT2D eigenvalue weighted by Crippen LogP contribution is -2.60. The van der Waals surface area contributed by atoms with Crippen molar-refractivity contribution in [2.75, 3.05) is 71.5 Å². The summed E-state index contributed by atoms with van der Waals surface area (Å²) in [7, 11) is -0.505. The molecule has 1 aliphatic carbocycles. The molecule has 2 bridgehead atoms. The first-order chi connectivity index (χ1) is 25.4. The van der Waals surface area contributed by atoms with Crippen LogP contribution in [-0.4, -0.2) is 108 Å². The van der Waals surface area contributed by atoms with Gasteiger partial charge >= 0.3 is 0 Å². The average Bonchev–Trinajstić information content (AvgIpc) is 3.15. The maximum atomic E-state index is 13.6. The van der Waals surface area contributed by atoms with E-state index in [0.29, 0.717) is 62.5 Å². The van der Waals surface area contributed by atoms with E-state index in [-0.39, 0.29) is 23.3 Å². The Balaban J connectivity index is 1.35. The highest BCUT2D eigenvalue weighted by molar-refractivity contribution is 7.90. The van der Waals surface area contributed by atoms with E-state index >= 15 is 0 Å². The molecule has 3 heterocycles. The van der Waals surface area contributed by atoms with Crippen molar-refractivity contribution in [1.82, 2.24) is 14.5 Å². The van der Waals surface area contributed by atoms with Crippen molar-refractivity contribution in [3.05, 3.63) is 58.1 Å². The lowest BCUT2D eigenvalue weighted by atomic mass is 9.62. The molecule has 53 heavy (non-hydrogen) atoms. The van der Waals surface area contributed by atoms with E-state index in [0.717, 1.165) is 75.8 Å². The minimum atomic E-state index is -3.97. The van der Waals surface area contributed by atoms with Crippen molar-refractivity contribution in [2.45, 2.75) is 82.7 Å². The van der Waals surface area contributed by atoms with Crippen LogP contribution in [0.3, 0.4) is 0 Å². The van der Waals surface area contributed by atoms with E-state index in [4.69, 9.17) is 25.8 Å². The zero-order valence-corrected chi connectivity index (χ0v) is 33.4. The number of carbonyl (C=O) groups excluding carboxylic acids is 2. The Morgan fingerprint density at radius 1 is 0.981 bits per heavy atom. The first-order valence-corrected chi connectivity index (χ1v) is 21.2. The Hall–Kier alpha value is -2.90. The molecule has 292 valence electrons. The number of amides is 2. The zero-order chi connectivity index (χ0) is 37.8. The molecule has 0 spiro atoms. The van der Waals surface area contributed by atoms with Crippen LogP contribution < -0.4 is 14.4 Å². The summed E-state index contributed by atoms with van der Waals surface area (Å²) in [5.74, 6) is 0.468. The van der Waals surface area contributed by atoms with E-state index in [1.807, 2.05) is 37.1 Å². The predicted molar refractivity (Wildman–Crippen MR) is 207 cm³/mol. The minimum absolute atomic E-state index is 0.105. The Morgan fingerprint density at radius 3 is 2.55 bits per heavy atom. The molecule has 2 fully saturated rings. The van der Waals surface area contributed by atoms with Gasteiger partial charge in [-0.2, -0.15) is 0 Å². The van der Waals surface area contributed by atoms with Crippen LogP contribution in [0.15, 0.2) is 36.4 Å². The van der Waals surface area contributed by atoms with Crippen molar-refractivity contribution < 1.29 is 32.2 Å². The van der Waals surface area contributed by atoms with Gasteiger partial charge in [0.1, 0.15) is 12.4 Å². The molecule has 2 aromatic carbocycles. The monoisotopic (exact) mass is 772 g/mol. The molecule has 0 radical (unpaired) electrons. The second-order valence-electron chi connectivity index (χ2n) is 15.6. The van der Waals surface area contributed by atoms with Gasteiger partial charge in [-0.15, -0.1) is 0 Å². The van der Waals surface area contributed by atoms with Gasteiger partial charge in [-0.25, -0.2) is 13.1 Å². The maximum absolute atomic E-state index is 13.6. The van der Waals surface area contributed by atoms with E-state index in [1.54, 1.807) is 32.2 Å². The number of hydrogen-bond donors (Lipinski definition) is 1. The van der Waals surface area contributed by atoms with Gasteiger partial charge in [-0.1, -0.05) is 31.0 Å². The van der Waals surface area contributed by atoms with Gasteiger partial charge < -0.3 is 24.0 Å². The summed E-state index contributed by atoms with van der Waals surface area (Å²) in [6.07, 6.45) is 6.97. The number of aryl methyl sites for hydroxylation is 1. The van der Waals surface area contributed by atoms with Gasteiger partial charge in [-0.05, 0) is 111 Å².